The highest BCUT2D eigenvalue weighted by Gasteiger charge is 2.39. The van der Waals surface area contributed by atoms with Crippen LogP contribution in [0, 0.1) is 41.5 Å². The molecule has 0 saturated carbocycles. The molecule has 6 aliphatic rings. The number of fused-ring (bicyclic) bond motifs is 12. The number of hydrogen-bond donors (Lipinski definition) is 0. The molecule has 0 amide bonds. The van der Waals surface area contributed by atoms with E-state index in [4.69, 9.17) is 4.74 Å². The van der Waals surface area contributed by atoms with E-state index in [0.29, 0.717) is 0 Å². The van der Waals surface area contributed by atoms with E-state index < -0.39 is 8.07 Å². The number of nitrogens with zero attached hydrogens (tertiary/aromatic N) is 7. The normalized spacial score (nSPS) is 13.0. The number of hydrogen-bond acceptors (Lipinski definition) is 9. The highest BCUT2D eigenvalue weighted by atomic mass is 32.2. The molecule has 0 saturated heterocycles. The molecule has 0 fully saturated rings. The average Bonchev–Trinajstić information content (AvgIpc) is 0.929. The fraction of sp³-hybridized carbons (Fsp3) is 0.0794. The quantitative estimate of drug-likeness (QED) is 0.145. The first-order valence-corrected chi connectivity index (χ1v) is 50.7. The Hall–Kier alpha value is -16.1. The van der Waals surface area contributed by atoms with E-state index in [1.165, 1.54) is 178 Å². The third kappa shape index (κ3) is 18.2. The van der Waals surface area contributed by atoms with Crippen LogP contribution in [0.5, 0.6) is 11.5 Å². The summed E-state index contributed by atoms with van der Waals surface area (Å²) in [7, 11) is -1.66. The van der Waals surface area contributed by atoms with Gasteiger partial charge in [0, 0.05) is 72.4 Å². The second-order valence-corrected chi connectivity index (χ2v) is 41.0. The monoisotopic (exact) mass is 1790 g/mol. The molecule has 25 rings (SSSR count). The number of benzene rings is 19. The Balaban J connectivity index is 0.000000101. The largest absolute Gasteiger partial charge is 0.453 e. The Morgan fingerprint density at radius 2 is 0.412 bits per heavy atom. The van der Waals surface area contributed by atoms with Gasteiger partial charge in [0.1, 0.15) is 8.07 Å². The van der Waals surface area contributed by atoms with Crippen molar-refractivity contribution in [3.8, 4) is 11.5 Å². The van der Waals surface area contributed by atoms with Gasteiger partial charge in [0.15, 0.2) is 11.5 Å². The van der Waals surface area contributed by atoms with Gasteiger partial charge in [0.2, 0.25) is 0 Å². The van der Waals surface area contributed by atoms with Gasteiger partial charge in [0.25, 0.3) is 0 Å². The number of anilines is 21. The summed E-state index contributed by atoms with van der Waals surface area (Å²) in [5.41, 5.74) is 38.4. The Morgan fingerprint density at radius 1 is 0.191 bits per heavy atom. The molecule has 0 aromatic heterocycles. The number of aryl methyl sites for hydroxylation is 8. The molecule has 0 N–H and O–H groups in total. The van der Waals surface area contributed by atoms with E-state index >= 15 is 0 Å². The summed E-state index contributed by atoms with van der Waals surface area (Å²) < 4.78 is 6.01. The molecule has 0 aliphatic carbocycles. The highest BCUT2D eigenvalue weighted by molar-refractivity contribution is 7.99. The minimum Gasteiger partial charge on any atom is -0.453 e. The van der Waals surface area contributed by atoms with Crippen molar-refractivity contribution in [3.05, 3.63) is 523 Å². The Bertz CT molecular complexity index is 7020. The highest BCUT2D eigenvalue weighted by Crippen LogP contribution is 2.56. The van der Waals surface area contributed by atoms with Gasteiger partial charge in [-0.05, 0) is 281 Å². The summed E-state index contributed by atoms with van der Waals surface area (Å²) in [4.78, 5) is 19.0. The van der Waals surface area contributed by atoms with Crippen LogP contribution in [0.15, 0.2) is 477 Å². The molecular weight excluding hydrogens is 1690 g/mol. The maximum Gasteiger partial charge on any atom is 0.151 e. The summed E-state index contributed by atoms with van der Waals surface area (Å²) >= 11 is 1.84. The molecule has 10 heteroatoms. The summed E-state index contributed by atoms with van der Waals surface area (Å²) in [6, 6.07) is 166. The molecule has 0 radical (unpaired) electrons. The molecule has 662 valence electrons. The summed E-state index contributed by atoms with van der Waals surface area (Å²) in [5.74, 6) is 1.77. The van der Waals surface area contributed by atoms with Gasteiger partial charge in [0.05, 0.1) is 56.9 Å². The van der Waals surface area contributed by atoms with E-state index in [1.54, 1.807) is 0 Å². The third-order valence-electron chi connectivity index (χ3n) is 25.9. The van der Waals surface area contributed by atoms with E-state index in [1.807, 2.05) is 48.2 Å². The van der Waals surface area contributed by atoms with Gasteiger partial charge in [-0.1, -0.05) is 343 Å². The zero-order valence-electron chi connectivity index (χ0n) is 78.0. The zero-order valence-corrected chi connectivity index (χ0v) is 79.8. The third-order valence-corrected chi connectivity index (χ3v) is 30.6. The second kappa shape index (κ2) is 39.4. The summed E-state index contributed by atoms with van der Waals surface area (Å²) in [6.07, 6.45) is 6.58. The fourth-order valence-corrected chi connectivity index (χ4v) is 23.0. The molecule has 19 aromatic carbocycles. The van der Waals surface area contributed by atoms with E-state index in [2.05, 4.69) is 532 Å². The van der Waals surface area contributed by atoms with E-state index in [0.717, 1.165) is 41.4 Å². The second-order valence-electron chi connectivity index (χ2n) is 35.6. The predicted molar refractivity (Wildman–Crippen MR) is 581 cm³/mol. The maximum absolute atomic E-state index is 6.01. The van der Waals surface area contributed by atoms with Crippen LogP contribution in [0.25, 0.3) is 12.2 Å². The average molecular weight is 1800 g/mol. The number of rotatable bonds is 7. The first kappa shape index (κ1) is 87.8. The summed E-state index contributed by atoms with van der Waals surface area (Å²) in [6.45, 7) is 17.7. The minimum atomic E-state index is -1.66. The van der Waals surface area contributed by atoms with Crippen molar-refractivity contribution in [1.82, 2.24) is 0 Å². The van der Waals surface area contributed by atoms with Crippen molar-refractivity contribution in [3.63, 3.8) is 0 Å². The zero-order chi connectivity index (χ0) is 92.6. The Kier molecular flexibility index (Phi) is 25.4. The lowest BCUT2D eigenvalue weighted by molar-refractivity contribution is 0.477. The maximum atomic E-state index is 6.01. The summed E-state index contributed by atoms with van der Waals surface area (Å²) in [5, 5.41) is 3.03. The smallest absolute Gasteiger partial charge is 0.151 e. The van der Waals surface area contributed by atoms with E-state index in [-0.39, 0.29) is 0 Å². The Labute approximate surface area is 806 Å². The van der Waals surface area contributed by atoms with Gasteiger partial charge < -0.3 is 39.0 Å². The van der Waals surface area contributed by atoms with Crippen LogP contribution in [0.2, 0.25) is 13.1 Å². The van der Waals surface area contributed by atoms with Crippen molar-refractivity contribution >= 4 is 162 Å². The number of ether oxygens (including phenoxy) is 1. The molecule has 0 unspecified atom stereocenters. The minimum absolute atomic E-state index is 0.886. The molecule has 6 aliphatic heterocycles. The standard InChI is InChI=1S/C25H20N2.C21H21NSi.C21H19N.C21H17N.C19H15NO.C19H15NS/c1-19-15-17-21(18-16-19)27-24-13-7-5-11-22(24)26(20-9-3-2-4-10-20)23-12-6-8-14-25(23)27;1-16-12-14-17(15-13-16)22-18-8-4-6-10-20(18)23(2,3)21-11-7-5-9-19(21)22;2*1-16-10-14-19(15-11-16)22-20-8-4-2-6-17(20)12-13-18-7-3-5-9-21(18)22;2*1-14-10-12-15(13-11-14)20-16-6-2-4-8-18(16)21-19-9-5-3-7-17(19)20/h2-18H,1H3;4-15H,1-3H3;2-11,14-15H,12-13H2,1H3;2-15H,1H3;2*2-13H,1H3. The van der Waals surface area contributed by atoms with Crippen LogP contribution < -0.4 is 49.4 Å². The first-order valence-electron chi connectivity index (χ1n) is 46.9. The van der Waals surface area contributed by atoms with Gasteiger partial charge in [-0.25, -0.2) is 0 Å². The molecule has 0 bridgehead atoms. The van der Waals surface area contributed by atoms with Crippen LogP contribution in [-0.4, -0.2) is 8.07 Å². The molecule has 8 nitrogen and oxygen atoms in total. The van der Waals surface area contributed by atoms with Gasteiger partial charge in [-0.15, -0.1) is 0 Å². The van der Waals surface area contributed by atoms with Gasteiger partial charge in [-0.3, -0.25) is 0 Å². The van der Waals surface area contributed by atoms with Crippen LogP contribution in [0.4, 0.5) is 119 Å². The van der Waals surface area contributed by atoms with Crippen molar-refractivity contribution in [2.24, 2.45) is 0 Å². The van der Waals surface area contributed by atoms with Crippen LogP contribution >= 0.6 is 11.8 Å². The number of para-hydroxylation sites is 17. The molecule has 136 heavy (non-hydrogen) atoms. The van der Waals surface area contributed by atoms with Crippen LogP contribution in [0.1, 0.15) is 55.6 Å². The lowest BCUT2D eigenvalue weighted by atomic mass is 10.0. The van der Waals surface area contributed by atoms with Crippen molar-refractivity contribution in [2.45, 2.75) is 77.3 Å². The molecule has 6 heterocycles. The Morgan fingerprint density at radius 3 is 0.757 bits per heavy atom. The molecule has 0 spiro atoms. The predicted octanol–water partition coefficient (Wildman–Crippen LogP) is 34.9. The lowest BCUT2D eigenvalue weighted by Gasteiger charge is -2.41. The first-order chi connectivity index (χ1) is 66.7. The van der Waals surface area contributed by atoms with Gasteiger partial charge in [-0.2, -0.15) is 0 Å². The van der Waals surface area contributed by atoms with Crippen molar-refractivity contribution in [1.29, 1.82) is 0 Å². The molecule has 0 atom stereocenters. The fourth-order valence-electron chi connectivity index (χ4n) is 19.0. The topological polar surface area (TPSA) is 31.9 Å². The lowest BCUT2D eigenvalue weighted by Crippen LogP contribution is -2.58. The van der Waals surface area contributed by atoms with Crippen LogP contribution in [0.3, 0.4) is 0 Å². The van der Waals surface area contributed by atoms with Gasteiger partial charge >= 0.3 is 0 Å². The molecular formula is C126H107N7OSSi. The van der Waals surface area contributed by atoms with Crippen molar-refractivity contribution in [2.75, 3.05) is 34.3 Å². The van der Waals surface area contributed by atoms with Crippen molar-refractivity contribution < 1.29 is 4.74 Å². The van der Waals surface area contributed by atoms with E-state index in [9.17, 15) is 0 Å². The molecule has 19 aromatic rings. The SMILES string of the molecule is Cc1ccc(N2c3ccccc3C=Cc3ccccc32)cc1.Cc1ccc(N2c3ccccc3CCc3ccccc32)cc1.Cc1ccc(N2c3ccccc3N(c3ccccc3)c3ccccc32)cc1.Cc1ccc(N2c3ccccc3Oc3ccccc32)cc1.Cc1ccc(N2c3ccccc3Sc3ccccc32)cc1.Cc1ccc(N2c3ccccc3[Si](C)(C)c3ccccc32)cc1. The van der Waals surface area contributed by atoms with Crippen LogP contribution in [-0.2, 0) is 12.8 Å².